The standard InChI is InChI=1S/C26H22O3S/c1-2-28-26(27)21-7-3-5-18(15-21)23-8-4-6-20-16-22(30-25(20)23)14-17-9-10-24-19(13-17)11-12-29-24/h3-10,13,15-16H,2,11-12,14H2,1H3. The quantitative estimate of drug-likeness (QED) is 0.361. The normalized spacial score (nSPS) is 12.6. The molecule has 0 aliphatic carbocycles. The van der Waals surface area contributed by atoms with E-state index in [0.717, 1.165) is 36.3 Å². The van der Waals surface area contributed by atoms with Gasteiger partial charge < -0.3 is 9.47 Å². The lowest BCUT2D eigenvalue weighted by Crippen LogP contribution is -2.04. The van der Waals surface area contributed by atoms with Gasteiger partial charge in [0.1, 0.15) is 5.75 Å². The van der Waals surface area contributed by atoms with Crippen LogP contribution in [0.25, 0.3) is 21.2 Å². The van der Waals surface area contributed by atoms with Crippen molar-refractivity contribution in [2.45, 2.75) is 19.8 Å². The summed E-state index contributed by atoms with van der Waals surface area (Å²) < 4.78 is 12.0. The van der Waals surface area contributed by atoms with Crippen molar-refractivity contribution in [3.8, 4) is 16.9 Å². The molecule has 4 aromatic rings. The number of esters is 1. The van der Waals surface area contributed by atoms with Crippen LogP contribution in [0.3, 0.4) is 0 Å². The SMILES string of the molecule is CCOC(=O)c1cccc(-c2cccc3cc(Cc4ccc5c(c4)CCO5)sc23)c1. The summed E-state index contributed by atoms with van der Waals surface area (Å²) in [7, 11) is 0. The summed E-state index contributed by atoms with van der Waals surface area (Å²) >= 11 is 1.82. The van der Waals surface area contributed by atoms with E-state index in [4.69, 9.17) is 9.47 Å². The second-order valence-electron chi connectivity index (χ2n) is 7.46. The Morgan fingerprint density at radius 2 is 1.97 bits per heavy atom. The second kappa shape index (κ2) is 7.96. The third-order valence-electron chi connectivity index (χ3n) is 5.41. The van der Waals surface area contributed by atoms with Gasteiger partial charge in [-0.2, -0.15) is 0 Å². The number of carbonyl (C=O) groups excluding carboxylic acids is 1. The average Bonchev–Trinajstić information content (AvgIpc) is 3.39. The third-order valence-corrected chi connectivity index (χ3v) is 6.60. The minimum Gasteiger partial charge on any atom is -0.493 e. The molecular weight excluding hydrogens is 392 g/mol. The fourth-order valence-electron chi connectivity index (χ4n) is 4.01. The summed E-state index contributed by atoms with van der Waals surface area (Å²) in [5.74, 6) is 0.748. The van der Waals surface area contributed by atoms with Crippen LogP contribution in [0.5, 0.6) is 5.75 Å². The van der Waals surface area contributed by atoms with Crippen LogP contribution in [-0.2, 0) is 17.6 Å². The number of thiophene rings is 1. The van der Waals surface area contributed by atoms with E-state index in [-0.39, 0.29) is 5.97 Å². The van der Waals surface area contributed by atoms with Crippen molar-refractivity contribution < 1.29 is 14.3 Å². The van der Waals surface area contributed by atoms with Crippen LogP contribution in [0.2, 0.25) is 0 Å². The molecule has 0 spiro atoms. The van der Waals surface area contributed by atoms with Crippen LogP contribution in [0, 0.1) is 0 Å². The molecule has 1 aliphatic heterocycles. The molecule has 0 N–H and O–H groups in total. The van der Waals surface area contributed by atoms with Gasteiger partial charge in [0.25, 0.3) is 0 Å². The van der Waals surface area contributed by atoms with Crippen molar-refractivity contribution >= 4 is 27.4 Å². The van der Waals surface area contributed by atoms with Crippen LogP contribution in [-0.4, -0.2) is 19.2 Å². The Kier molecular flexibility index (Phi) is 5.01. The minimum absolute atomic E-state index is 0.279. The average molecular weight is 415 g/mol. The predicted molar refractivity (Wildman–Crippen MR) is 122 cm³/mol. The molecule has 0 bridgehead atoms. The molecule has 0 amide bonds. The summed E-state index contributed by atoms with van der Waals surface area (Å²) in [6.07, 6.45) is 1.91. The number of fused-ring (bicyclic) bond motifs is 2. The lowest BCUT2D eigenvalue weighted by Gasteiger charge is -2.06. The highest BCUT2D eigenvalue weighted by atomic mass is 32.1. The maximum Gasteiger partial charge on any atom is 0.338 e. The van der Waals surface area contributed by atoms with Gasteiger partial charge in [0, 0.05) is 22.4 Å². The van der Waals surface area contributed by atoms with E-state index in [1.165, 1.54) is 26.1 Å². The van der Waals surface area contributed by atoms with E-state index in [2.05, 4.69) is 48.5 Å². The van der Waals surface area contributed by atoms with Crippen molar-refractivity contribution in [1.82, 2.24) is 0 Å². The molecule has 0 radical (unpaired) electrons. The number of benzene rings is 3. The lowest BCUT2D eigenvalue weighted by molar-refractivity contribution is 0.0526. The molecule has 150 valence electrons. The molecule has 5 rings (SSSR count). The number of carbonyl (C=O) groups is 1. The molecule has 3 aromatic carbocycles. The fourth-order valence-corrected chi connectivity index (χ4v) is 5.24. The van der Waals surface area contributed by atoms with Crippen molar-refractivity contribution in [3.63, 3.8) is 0 Å². The molecular formula is C26H22O3S. The molecule has 3 nitrogen and oxygen atoms in total. The second-order valence-corrected chi connectivity index (χ2v) is 8.59. The van der Waals surface area contributed by atoms with Crippen molar-refractivity contribution in [3.05, 3.63) is 88.3 Å². The summed E-state index contributed by atoms with van der Waals surface area (Å²) in [5, 5.41) is 1.23. The van der Waals surface area contributed by atoms with Crippen LogP contribution in [0.15, 0.2) is 66.7 Å². The van der Waals surface area contributed by atoms with E-state index >= 15 is 0 Å². The number of hydrogen-bond donors (Lipinski definition) is 0. The van der Waals surface area contributed by atoms with E-state index in [9.17, 15) is 4.79 Å². The molecule has 0 fully saturated rings. The molecule has 4 heteroatoms. The van der Waals surface area contributed by atoms with Crippen LogP contribution in [0.1, 0.15) is 33.3 Å². The Hall–Kier alpha value is -3.11. The highest BCUT2D eigenvalue weighted by Crippen LogP contribution is 2.36. The van der Waals surface area contributed by atoms with E-state index in [0.29, 0.717) is 12.2 Å². The Morgan fingerprint density at radius 1 is 1.07 bits per heavy atom. The van der Waals surface area contributed by atoms with Gasteiger partial charge in [0.15, 0.2) is 0 Å². The first-order valence-electron chi connectivity index (χ1n) is 10.2. The zero-order valence-corrected chi connectivity index (χ0v) is 17.6. The first-order valence-corrected chi connectivity index (χ1v) is 11.1. The molecule has 1 aromatic heterocycles. The molecule has 1 aliphatic rings. The largest absolute Gasteiger partial charge is 0.493 e. The first kappa shape index (κ1) is 18.9. The summed E-state index contributed by atoms with van der Waals surface area (Å²) in [6, 6.07) is 22.9. The summed E-state index contributed by atoms with van der Waals surface area (Å²) in [4.78, 5) is 13.5. The summed E-state index contributed by atoms with van der Waals surface area (Å²) in [6.45, 7) is 2.99. The summed E-state index contributed by atoms with van der Waals surface area (Å²) in [5.41, 5.74) is 5.40. The molecule has 0 atom stereocenters. The van der Waals surface area contributed by atoms with Gasteiger partial charge in [0.2, 0.25) is 0 Å². The zero-order chi connectivity index (χ0) is 20.5. The molecule has 0 saturated heterocycles. The van der Waals surface area contributed by atoms with Gasteiger partial charge in [-0.05, 0) is 58.8 Å². The van der Waals surface area contributed by atoms with Crippen LogP contribution < -0.4 is 4.74 Å². The van der Waals surface area contributed by atoms with Crippen molar-refractivity contribution in [2.75, 3.05) is 13.2 Å². The van der Waals surface area contributed by atoms with Crippen molar-refractivity contribution in [2.24, 2.45) is 0 Å². The Bertz CT molecular complexity index is 1240. The Balaban J connectivity index is 1.49. The van der Waals surface area contributed by atoms with E-state index < -0.39 is 0 Å². The van der Waals surface area contributed by atoms with Gasteiger partial charge in [0.05, 0.1) is 18.8 Å². The van der Waals surface area contributed by atoms with Gasteiger partial charge >= 0.3 is 5.97 Å². The third kappa shape index (κ3) is 3.59. The smallest absolute Gasteiger partial charge is 0.338 e. The highest BCUT2D eigenvalue weighted by molar-refractivity contribution is 7.19. The van der Waals surface area contributed by atoms with Crippen LogP contribution >= 0.6 is 11.3 Å². The lowest BCUT2D eigenvalue weighted by atomic mass is 10.0. The highest BCUT2D eigenvalue weighted by Gasteiger charge is 2.14. The van der Waals surface area contributed by atoms with E-state index in [1.54, 1.807) is 6.07 Å². The topological polar surface area (TPSA) is 35.5 Å². The van der Waals surface area contributed by atoms with Crippen LogP contribution in [0.4, 0.5) is 0 Å². The van der Waals surface area contributed by atoms with Gasteiger partial charge in [-0.15, -0.1) is 11.3 Å². The molecule has 0 unspecified atom stereocenters. The number of ether oxygens (including phenoxy) is 2. The van der Waals surface area contributed by atoms with Crippen molar-refractivity contribution in [1.29, 1.82) is 0 Å². The number of rotatable bonds is 5. The Morgan fingerprint density at radius 3 is 2.87 bits per heavy atom. The fraction of sp³-hybridized carbons (Fsp3) is 0.192. The monoisotopic (exact) mass is 414 g/mol. The van der Waals surface area contributed by atoms with Gasteiger partial charge in [-0.3, -0.25) is 0 Å². The molecule has 2 heterocycles. The first-order chi connectivity index (χ1) is 14.7. The predicted octanol–water partition coefficient (Wildman–Crippen LogP) is 6.27. The van der Waals surface area contributed by atoms with Gasteiger partial charge in [-0.25, -0.2) is 4.79 Å². The van der Waals surface area contributed by atoms with Gasteiger partial charge in [-0.1, -0.05) is 42.5 Å². The maximum absolute atomic E-state index is 12.2. The Labute approximate surface area is 179 Å². The maximum atomic E-state index is 12.2. The minimum atomic E-state index is -0.279. The molecule has 30 heavy (non-hydrogen) atoms. The van der Waals surface area contributed by atoms with E-state index in [1.807, 2.05) is 30.4 Å². The number of hydrogen-bond acceptors (Lipinski definition) is 4. The molecule has 0 saturated carbocycles. The zero-order valence-electron chi connectivity index (χ0n) is 16.8.